The third kappa shape index (κ3) is 2.32. The fraction of sp³-hybridized carbons (Fsp3) is 0.778. The fourth-order valence-electron chi connectivity index (χ4n) is 1.35. The lowest BCUT2D eigenvalue weighted by Gasteiger charge is -2.26. The van der Waals surface area contributed by atoms with Crippen LogP contribution in [0.25, 0.3) is 0 Å². The first-order chi connectivity index (χ1) is 5.53. The zero-order chi connectivity index (χ0) is 9.19. The molecule has 1 heterocycles. The van der Waals surface area contributed by atoms with E-state index in [0.717, 1.165) is 6.42 Å². The first-order valence-electron chi connectivity index (χ1n) is 4.27. The lowest BCUT2D eigenvalue weighted by Crippen LogP contribution is -2.27. The number of hydrogen-bond donors (Lipinski definition) is 0. The van der Waals surface area contributed by atoms with Crippen LogP contribution in [0.15, 0.2) is 4.99 Å². The topological polar surface area (TPSA) is 38.7 Å². The van der Waals surface area contributed by atoms with Crippen LogP contribution in [0.5, 0.6) is 0 Å². The van der Waals surface area contributed by atoms with Crippen LogP contribution < -0.4 is 0 Å². The number of ether oxygens (including phenoxy) is 1. The smallest absolute Gasteiger partial charge is 0.249 e. The molecule has 1 rings (SSSR count). The molecule has 0 saturated heterocycles. The van der Waals surface area contributed by atoms with Crippen molar-refractivity contribution < 1.29 is 9.53 Å². The molecule has 0 aliphatic carbocycles. The minimum absolute atomic E-state index is 0.0172. The normalized spacial score (nSPS) is 21.9. The Hall–Kier alpha value is -0.860. The van der Waals surface area contributed by atoms with Crippen LogP contribution in [0, 0.1) is 5.41 Å². The molecular weight excluding hydrogens is 154 g/mol. The Balaban J connectivity index is 2.69. The van der Waals surface area contributed by atoms with Crippen LogP contribution in [0.3, 0.4) is 0 Å². The van der Waals surface area contributed by atoms with E-state index in [1.165, 1.54) is 0 Å². The summed E-state index contributed by atoms with van der Waals surface area (Å²) in [7, 11) is 0. The van der Waals surface area contributed by atoms with E-state index in [2.05, 4.69) is 18.8 Å². The number of nitrogens with zero attached hydrogens (tertiary/aromatic N) is 1. The fourth-order valence-corrected chi connectivity index (χ4v) is 1.35. The van der Waals surface area contributed by atoms with Crippen LogP contribution in [0.4, 0.5) is 0 Å². The standard InChI is InChI=1S/C9H15NO2/c1-4-12-8-6-9(2,3)5-7(11)10-8/h4-6H2,1-3H3. The average Bonchev–Trinajstić information content (AvgIpc) is 1.82. The molecule has 0 N–H and O–H groups in total. The first kappa shape index (κ1) is 9.23. The van der Waals surface area contributed by atoms with E-state index in [1.807, 2.05) is 6.92 Å². The van der Waals surface area contributed by atoms with Crippen molar-refractivity contribution in [3.8, 4) is 0 Å². The Kier molecular flexibility index (Phi) is 2.50. The SMILES string of the molecule is CCOC1=NC(=O)CC(C)(C)C1. The van der Waals surface area contributed by atoms with Gasteiger partial charge < -0.3 is 4.74 Å². The quantitative estimate of drug-likeness (QED) is 0.600. The molecule has 12 heavy (non-hydrogen) atoms. The summed E-state index contributed by atoms with van der Waals surface area (Å²) < 4.78 is 5.22. The molecule has 3 heteroatoms. The lowest BCUT2D eigenvalue weighted by atomic mass is 9.83. The number of aliphatic imine (C=N–C) groups is 1. The maximum absolute atomic E-state index is 11.1. The van der Waals surface area contributed by atoms with Crippen LogP contribution in [-0.2, 0) is 9.53 Å². The van der Waals surface area contributed by atoms with Gasteiger partial charge in [-0.15, -0.1) is 0 Å². The monoisotopic (exact) mass is 169 g/mol. The molecule has 0 aromatic heterocycles. The Morgan fingerprint density at radius 3 is 2.67 bits per heavy atom. The van der Waals surface area contributed by atoms with Gasteiger partial charge >= 0.3 is 0 Å². The highest BCUT2D eigenvalue weighted by molar-refractivity contribution is 5.94. The minimum atomic E-state index is -0.0605. The van der Waals surface area contributed by atoms with Crippen molar-refractivity contribution in [2.75, 3.05) is 6.61 Å². The molecule has 0 radical (unpaired) electrons. The van der Waals surface area contributed by atoms with E-state index in [4.69, 9.17) is 4.74 Å². The van der Waals surface area contributed by atoms with E-state index in [0.29, 0.717) is 18.9 Å². The molecule has 1 amide bonds. The van der Waals surface area contributed by atoms with Crippen molar-refractivity contribution in [2.24, 2.45) is 10.4 Å². The Bertz CT molecular complexity index is 219. The van der Waals surface area contributed by atoms with E-state index in [1.54, 1.807) is 0 Å². The maximum Gasteiger partial charge on any atom is 0.249 e. The van der Waals surface area contributed by atoms with Crippen molar-refractivity contribution in [3.63, 3.8) is 0 Å². The van der Waals surface area contributed by atoms with Crippen LogP contribution in [0.1, 0.15) is 33.6 Å². The van der Waals surface area contributed by atoms with E-state index in [9.17, 15) is 4.79 Å². The maximum atomic E-state index is 11.1. The van der Waals surface area contributed by atoms with Gasteiger partial charge in [0, 0.05) is 12.8 Å². The molecule has 0 bridgehead atoms. The summed E-state index contributed by atoms with van der Waals surface area (Å²) >= 11 is 0. The Morgan fingerprint density at radius 1 is 1.50 bits per heavy atom. The second-order valence-corrected chi connectivity index (χ2v) is 3.85. The van der Waals surface area contributed by atoms with Gasteiger partial charge in [-0.2, -0.15) is 4.99 Å². The van der Waals surface area contributed by atoms with Crippen molar-refractivity contribution in [3.05, 3.63) is 0 Å². The number of carbonyl (C=O) groups excluding carboxylic acids is 1. The van der Waals surface area contributed by atoms with E-state index >= 15 is 0 Å². The Morgan fingerprint density at radius 2 is 2.17 bits per heavy atom. The van der Waals surface area contributed by atoms with E-state index in [-0.39, 0.29) is 11.3 Å². The van der Waals surface area contributed by atoms with Gasteiger partial charge in [0.05, 0.1) is 6.61 Å². The van der Waals surface area contributed by atoms with Crippen LogP contribution in [-0.4, -0.2) is 18.4 Å². The average molecular weight is 169 g/mol. The van der Waals surface area contributed by atoms with Gasteiger partial charge in [0.15, 0.2) is 5.90 Å². The Labute approximate surface area is 72.8 Å². The molecule has 0 spiro atoms. The highest BCUT2D eigenvalue weighted by Crippen LogP contribution is 2.29. The summed E-state index contributed by atoms with van der Waals surface area (Å²) in [5.41, 5.74) is 0.0172. The molecule has 0 atom stereocenters. The van der Waals surface area contributed by atoms with Gasteiger partial charge in [0.1, 0.15) is 0 Å². The molecule has 0 aromatic rings. The summed E-state index contributed by atoms with van der Waals surface area (Å²) in [4.78, 5) is 14.9. The highest BCUT2D eigenvalue weighted by Gasteiger charge is 2.29. The second kappa shape index (κ2) is 3.25. The third-order valence-corrected chi connectivity index (χ3v) is 1.82. The largest absolute Gasteiger partial charge is 0.481 e. The van der Waals surface area contributed by atoms with Crippen molar-refractivity contribution in [1.29, 1.82) is 0 Å². The predicted octanol–water partition coefficient (Wildman–Crippen LogP) is 1.77. The van der Waals surface area contributed by atoms with Gasteiger partial charge in [0.25, 0.3) is 0 Å². The zero-order valence-corrected chi connectivity index (χ0v) is 7.89. The molecule has 1 aliphatic heterocycles. The lowest BCUT2D eigenvalue weighted by molar-refractivity contribution is -0.120. The zero-order valence-electron chi connectivity index (χ0n) is 7.89. The first-order valence-corrected chi connectivity index (χ1v) is 4.27. The minimum Gasteiger partial charge on any atom is -0.481 e. The molecule has 0 saturated carbocycles. The number of amides is 1. The van der Waals surface area contributed by atoms with Gasteiger partial charge in [-0.1, -0.05) is 13.8 Å². The van der Waals surface area contributed by atoms with Gasteiger partial charge in [-0.05, 0) is 12.3 Å². The molecular formula is C9H15NO2. The molecule has 68 valence electrons. The number of hydrogen-bond acceptors (Lipinski definition) is 2. The molecule has 3 nitrogen and oxygen atoms in total. The number of carbonyl (C=O) groups is 1. The summed E-state index contributed by atoms with van der Waals surface area (Å²) in [6.07, 6.45) is 1.30. The van der Waals surface area contributed by atoms with E-state index < -0.39 is 0 Å². The summed E-state index contributed by atoms with van der Waals surface area (Å²) in [6.45, 7) is 6.59. The molecule has 0 fully saturated rings. The summed E-state index contributed by atoms with van der Waals surface area (Å²) in [6, 6.07) is 0. The second-order valence-electron chi connectivity index (χ2n) is 3.85. The van der Waals surface area contributed by atoms with Gasteiger partial charge in [-0.3, -0.25) is 4.79 Å². The summed E-state index contributed by atoms with van der Waals surface area (Å²) in [5, 5.41) is 0. The predicted molar refractivity (Wildman–Crippen MR) is 47.1 cm³/mol. The molecule has 1 aliphatic rings. The van der Waals surface area contributed by atoms with Gasteiger partial charge in [0.2, 0.25) is 5.91 Å². The van der Waals surface area contributed by atoms with Crippen molar-refractivity contribution in [2.45, 2.75) is 33.6 Å². The molecule has 0 unspecified atom stereocenters. The third-order valence-electron chi connectivity index (χ3n) is 1.82. The van der Waals surface area contributed by atoms with Crippen LogP contribution in [0.2, 0.25) is 0 Å². The van der Waals surface area contributed by atoms with Gasteiger partial charge in [-0.25, -0.2) is 0 Å². The van der Waals surface area contributed by atoms with Crippen molar-refractivity contribution >= 4 is 11.8 Å². The van der Waals surface area contributed by atoms with Crippen LogP contribution >= 0.6 is 0 Å². The summed E-state index contributed by atoms with van der Waals surface area (Å²) in [5.74, 6) is 0.536. The van der Waals surface area contributed by atoms with Crippen molar-refractivity contribution in [1.82, 2.24) is 0 Å². The molecule has 0 aromatic carbocycles. The highest BCUT2D eigenvalue weighted by atomic mass is 16.5. The number of rotatable bonds is 1.